The Kier molecular flexibility index (Phi) is 4.16. The highest BCUT2D eigenvalue weighted by Gasteiger charge is 2.17. The Morgan fingerprint density at radius 3 is 2.53 bits per heavy atom. The van der Waals surface area contributed by atoms with Crippen LogP contribution in [-0.2, 0) is 6.42 Å². The van der Waals surface area contributed by atoms with Gasteiger partial charge in [0, 0.05) is 6.42 Å². The molecular formula is C14H19N3O2. The van der Waals surface area contributed by atoms with Crippen molar-refractivity contribution in [2.24, 2.45) is 11.7 Å². The summed E-state index contributed by atoms with van der Waals surface area (Å²) in [5, 5.41) is 3.96. The molecule has 1 aromatic carbocycles. The van der Waals surface area contributed by atoms with Gasteiger partial charge in [-0.15, -0.1) is 0 Å². The Bertz CT molecular complexity index is 520. The van der Waals surface area contributed by atoms with E-state index in [1.165, 1.54) is 0 Å². The van der Waals surface area contributed by atoms with Gasteiger partial charge in [0.25, 0.3) is 0 Å². The molecule has 0 aliphatic rings. The van der Waals surface area contributed by atoms with E-state index in [2.05, 4.69) is 10.1 Å². The lowest BCUT2D eigenvalue weighted by molar-refractivity contribution is 0.322. The molecule has 0 amide bonds. The second-order valence-corrected chi connectivity index (χ2v) is 4.84. The highest BCUT2D eigenvalue weighted by molar-refractivity contribution is 5.28. The first-order valence-electron chi connectivity index (χ1n) is 6.31. The molecule has 1 unspecified atom stereocenters. The van der Waals surface area contributed by atoms with E-state index >= 15 is 0 Å². The van der Waals surface area contributed by atoms with Crippen LogP contribution in [0.4, 0.5) is 0 Å². The summed E-state index contributed by atoms with van der Waals surface area (Å²) in [7, 11) is 1.65. The fourth-order valence-electron chi connectivity index (χ4n) is 1.69. The zero-order valence-corrected chi connectivity index (χ0v) is 11.5. The molecular weight excluding hydrogens is 242 g/mol. The number of rotatable bonds is 5. The largest absolute Gasteiger partial charge is 0.497 e. The van der Waals surface area contributed by atoms with Gasteiger partial charge >= 0.3 is 0 Å². The van der Waals surface area contributed by atoms with Gasteiger partial charge in [0.15, 0.2) is 5.82 Å². The van der Waals surface area contributed by atoms with E-state index in [-0.39, 0.29) is 12.0 Å². The summed E-state index contributed by atoms with van der Waals surface area (Å²) in [6.45, 7) is 4.05. The maximum Gasteiger partial charge on any atom is 0.243 e. The van der Waals surface area contributed by atoms with Gasteiger partial charge < -0.3 is 15.0 Å². The highest BCUT2D eigenvalue weighted by Crippen LogP contribution is 2.18. The van der Waals surface area contributed by atoms with Gasteiger partial charge in [0.1, 0.15) is 5.75 Å². The molecule has 0 aliphatic carbocycles. The number of nitrogens with zero attached hydrogens (tertiary/aromatic N) is 2. The first-order chi connectivity index (χ1) is 9.10. The van der Waals surface area contributed by atoms with E-state index in [1.807, 2.05) is 38.1 Å². The van der Waals surface area contributed by atoms with Crippen molar-refractivity contribution in [2.75, 3.05) is 7.11 Å². The van der Waals surface area contributed by atoms with Crippen molar-refractivity contribution in [3.8, 4) is 5.75 Å². The monoisotopic (exact) mass is 261 g/mol. The summed E-state index contributed by atoms with van der Waals surface area (Å²) in [6, 6.07) is 7.58. The predicted octanol–water partition coefficient (Wildman–Crippen LogP) is 2.32. The van der Waals surface area contributed by atoms with Crippen molar-refractivity contribution in [3.05, 3.63) is 41.5 Å². The minimum absolute atomic E-state index is 0.211. The zero-order valence-electron chi connectivity index (χ0n) is 11.5. The third kappa shape index (κ3) is 3.32. The van der Waals surface area contributed by atoms with Crippen molar-refractivity contribution >= 4 is 0 Å². The van der Waals surface area contributed by atoms with Gasteiger partial charge in [-0.2, -0.15) is 4.98 Å². The van der Waals surface area contributed by atoms with Gasteiger partial charge in [-0.05, 0) is 23.6 Å². The van der Waals surface area contributed by atoms with E-state index in [0.29, 0.717) is 18.1 Å². The van der Waals surface area contributed by atoms with Crippen LogP contribution in [-0.4, -0.2) is 17.3 Å². The number of nitrogens with two attached hydrogens (primary N) is 1. The average Bonchev–Trinajstić information content (AvgIpc) is 2.87. The Balaban J connectivity index is 2.06. The lowest BCUT2D eigenvalue weighted by Crippen LogP contribution is -2.17. The molecule has 0 saturated carbocycles. The number of ether oxygens (including phenoxy) is 1. The minimum atomic E-state index is -0.211. The summed E-state index contributed by atoms with van der Waals surface area (Å²) in [5.41, 5.74) is 7.07. The van der Waals surface area contributed by atoms with Crippen LogP contribution in [0.5, 0.6) is 5.75 Å². The van der Waals surface area contributed by atoms with Crippen LogP contribution in [0.25, 0.3) is 0 Å². The number of benzene rings is 1. The van der Waals surface area contributed by atoms with Crippen molar-refractivity contribution in [3.63, 3.8) is 0 Å². The highest BCUT2D eigenvalue weighted by atomic mass is 16.5. The zero-order chi connectivity index (χ0) is 13.8. The third-order valence-corrected chi connectivity index (χ3v) is 3.01. The molecule has 19 heavy (non-hydrogen) atoms. The number of hydrogen-bond donors (Lipinski definition) is 1. The van der Waals surface area contributed by atoms with Crippen molar-refractivity contribution in [2.45, 2.75) is 26.3 Å². The standard InChI is InChI=1S/C14H19N3O2/c1-9(2)13(15)14-16-12(17-19-14)8-10-4-6-11(18-3)7-5-10/h4-7,9,13H,8,15H2,1-3H3. The van der Waals surface area contributed by atoms with Crippen molar-refractivity contribution < 1.29 is 9.26 Å². The Hall–Kier alpha value is -1.88. The molecule has 2 rings (SSSR count). The fraction of sp³-hybridized carbons (Fsp3) is 0.429. The second-order valence-electron chi connectivity index (χ2n) is 4.84. The molecule has 2 N–H and O–H groups in total. The van der Waals surface area contributed by atoms with E-state index in [0.717, 1.165) is 11.3 Å². The fourth-order valence-corrected chi connectivity index (χ4v) is 1.69. The minimum Gasteiger partial charge on any atom is -0.497 e. The summed E-state index contributed by atoms with van der Waals surface area (Å²) < 4.78 is 10.3. The molecule has 0 fully saturated rings. The maximum absolute atomic E-state index is 5.97. The second kappa shape index (κ2) is 5.84. The third-order valence-electron chi connectivity index (χ3n) is 3.01. The van der Waals surface area contributed by atoms with Gasteiger partial charge in [0.2, 0.25) is 5.89 Å². The summed E-state index contributed by atoms with van der Waals surface area (Å²) in [5.74, 6) is 2.25. The molecule has 5 heteroatoms. The Morgan fingerprint density at radius 1 is 1.26 bits per heavy atom. The normalized spacial score (nSPS) is 12.7. The quantitative estimate of drug-likeness (QED) is 0.894. The molecule has 0 bridgehead atoms. The van der Waals surface area contributed by atoms with E-state index in [9.17, 15) is 0 Å². The van der Waals surface area contributed by atoms with Gasteiger partial charge in [-0.3, -0.25) is 0 Å². The molecule has 0 radical (unpaired) electrons. The topological polar surface area (TPSA) is 74.2 Å². The molecule has 0 spiro atoms. The van der Waals surface area contributed by atoms with E-state index in [1.54, 1.807) is 7.11 Å². The van der Waals surface area contributed by atoms with Crippen LogP contribution in [0, 0.1) is 5.92 Å². The number of methoxy groups -OCH3 is 1. The van der Waals surface area contributed by atoms with Crippen LogP contribution < -0.4 is 10.5 Å². The molecule has 1 atom stereocenters. The molecule has 102 valence electrons. The smallest absolute Gasteiger partial charge is 0.243 e. The number of hydrogen-bond acceptors (Lipinski definition) is 5. The van der Waals surface area contributed by atoms with Crippen molar-refractivity contribution in [1.29, 1.82) is 0 Å². The summed E-state index contributed by atoms with van der Waals surface area (Å²) in [4.78, 5) is 4.34. The average molecular weight is 261 g/mol. The van der Waals surface area contributed by atoms with Crippen LogP contribution in [0.3, 0.4) is 0 Å². The van der Waals surface area contributed by atoms with Crippen molar-refractivity contribution in [1.82, 2.24) is 10.1 Å². The summed E-state index contributed by atoms with van der Waals surface area (Å²) >= 11 is 0. The first kappa shape index (κ1) is 13.5. The molecule has 5 nitrogen and oxygen atoms in total. The van der Waals surface area contributed by atoms with Gasteiger partial charge in [-0.25, -0.2) is 0 Å². The van der Waals surface area contributed by atoms with Crippen LogP contribution in [0.1, 0.15) is 37.2 Å². The SMILES string of the molecule is COc1ccc(Cc2noc(C(N)C(C)C)n2)cc1. The Morgan fingerprint density at radius 2 is 1.95 bits per heavy atom. The summed E-state index contributed by atoms with van der Waals surface area (Å²) in [6.07, 6.45) is 0.623. The van der Waals surface area contributed by atoms with Crippen LogP contribution >= 0.6 is 0 Å². The molecule has 2 aromatic rings. The Labute approximate surface area is 112 Å². The predicted molar refractivity (Wildman–Crippen MR) is 71.9 cm³/mol. The molecule has 1 heterocycles. The van der Waals surface area contributed by atoms with E-state index in [4.69, 9.17) is 15.0 Å². The molecule has 0 saturated heterocycles. The first-order valence-corrected chi connectivity index (χ1v) is 6.31. The lowest BCUT2D eigenvalue weighted by Gasteiger charge is -2.09. The van der Waals surface area contributed by atoms with E-state index < -0.39 is 0 Å². The van der Waals surface area contributed by atoms with Crippen LogP contribution in [0.15, 0.2) is 28.8 Å². The van der Waals surface area contributed by atoms with Gasteiger partial charge in [0.05, 0.1) is 13.2 Å². The van der Waals surface area contributed by atoms with Crippen LogP contribution in [0.2, 0.25) is 0 Å². The van der Waals surface area contributed by atoms with Gasteiger partial charge in [-0.1, -0.05) is 31.1 Å². The molecule has 1 aromatic heterocycles. The number of aromatic nitrogens is 2. The maximum atomic E-state index is 5.97. The lowest BCUT2D eigenvalue weighted by atomic mass is 10.1. The molecule has 0 aliphatic heterocycles.